The number of aryl methyl sites for hydroxylation is 1. The van der Waals surface area contributed by atoms with Crippen molar-refractivity contribution in [3.05, 3.63) is 84.4 Å². The molecule has 1 aromatic heterocycles. The third kappa shape index (κ3) is 2.85. The van der Waals surface area contributed by atoms with Gasteiger partial charge in [-0.25, -0.2) is 0 Å². The Bertz CT molecular complexity index is 762. The van der Waals surface area contributed by atoms with E-state index in [2.05, 4.69) is 67.6 Å². The maximum atomic E-state index is 2.25. The Morgan fingerprint density at radius 1 is 0.550 bits per heavy atom. The van der Waals surface area contributed by atoms with Gasteiger partial charge in [-0.05, 0) is 6.92 Å². The fraction of sp³-hybridized carbons (Fsp3) is 0.0526. The van der Waals surface area contributed by atoms with E-state index in [0.29, 0.717) is 14.5 Å². The molecule has 0 saturated heterocycles. The predicted octanol–water partition coefficient (Wildman–Crippen LogP) is 5.05. The molecule has 0 fully saturated rings. The summed E-state index contributed by atoms with van der Waals surface area (Å²) in [6, 6.07) is 27.7. The molecular formula is C19H16Se. The monoisotopic (exact) mass is 324 g/mol. The van der Waals surface area contributed by atoms with Gasteiger partial charge in [0, 0.05) is 0 Å². The topological polar surface area (TPSA) is 0 Å². The molecule has 1 heterocycles. The molecule has 0 saturated carbocycles. The van der Waals surface area contributed by atoms with Gasteiger partial charge in [0.15, 0.2) is 0 Å². The Balaban J connectivity index is 0.000000147. The first-order chi connectivity index (χ1) is 9.84. The van der Waals surface area contributed by atoms with E-state index in [0.717, 1.165) is 0 Å². The van der Waals surface area contributed by atoms with Crippen molar-refractivity contribution >= 4 is 33.8 Å². The zero-order chi connectivity index (χ0) is 13.8. The van der Waals surface area contributed by atoms with Gasteiger partial charge in [-0.1, -0.05) is 35.9 Å². The summed E-state index contributed by atoms with van der Waals surface area (Å²) in [4.78, 5) is 0. The second-order valence-corrected chi connectivity index (χ2v) is 7.02. The Hall–Kier alpha value is -1.82. The van der Waals surface area contributed by atoms with Crippen molar-refractivity contribution in [1.29, 1.82) is 0 Å². The van der Waals surface area contributed by atoms with Crippen LogP contribution in [0.15, 0.2) is 78.9 Å². The van der Waals surface area contributed by atoms with Crippen molar-refractivity contribution in [3.8, 4) is 0 Å². The Morgan fingerprint density at radius 2 is 1.00 bits per heavy atom. The Kier molecular flexibility index (Phi) is 4.01. The summed E-state index contributed by atoms with van der Waals surface area (Å²) >= 11 is 0.535. The van der Waals surface area contributed by atoms with Crippen LogP contribution in [0.25, 0.3) is 19.3 Å². The van der Waals surface area contributed by atoms with Gasteiger partial charge in [0.25, 0.3) is 0 Å². The van der Waals surface area contributed by atoms with E-state index < -0.39 is 0 Å². The molecule has 3 aromatic carbocycles. The van der Waals surface area contributed by atoms with Crippen LogP contribution in [0.4, 0.5) is 0 Å². The van der Waals surface area contributed by atoms with Crippen molar-refractivity contribution in [2.45, 2.75) is 6.92 Å². The number of fused-ring (bicyclic) bond motifs is 3. The van der Waals surface area contributed by atoms with Crippen molar-refractivity contribution in [1.82, 2.24) is 0 Å². The van der Waals surface area contributed by atoms with E-state index in [9.17, 15) is 0 Å². The Morgan fingerprint density at radius 3 is 1.45 bits per heavy atom. The van der Waals surface area contributed by atoms with Gasteiger partial charge < -0.3 is 0 Å². The molecule has 98 valence electrons. The fourth-order valence-corrected chi connectivity index (χ4v) is 4.53. The summed E-state index contributed by atoms with van der Waals surface area (Å²) in [5.41, 5.74) is 1.32. The number of benzene rings is 3. The average Bonchev–Trinajstić information content (AvgIpc) is 2.87. The summed E-state index contributed by atoms with van der Waals surface area (Å²) in [5.74, 6) is 0. The van der Waals surface area contributed by atoms with E-state index in [-0.39, 0.29) is 0 Å². The molecule has 0 aliphatic heterocycles. The van der Waals surface area contributed by atoms with Crippen LogP contribution in [-0.4, -0.2) is 14.5 Å². The molecule has 4 rings (SSSR count). The summed E-state index contributed by atoms with van der Waals surface area (Å²) in [7, 11) is 0. The summed E-state index contributed by atoms with van der Waals surface area (Å²) in [6.07, 6.45) is 0. The summed E-state index contributed by atoms with van der Waals surface area (Å²) < 4.78 is 3.05. The van der Waals surface area contributed by atoms with Crippen molar-refractivity contribution in [3.63, 3.8) is 0 Å². The minimum atomic E-state index is 0.535. The number of hydrogen-bond acceptors (Lipinski definition) is 0. The van der Waals surface area contributed by atoms with E-state index in [1.165, 1.54) is 24.9 Å². The standard InChI is InChI=1S/C12H8Se.C7H8/c1-3-7-11-9(5-1)10-6-2-4-8-12(10)13-11;1-7-5-3-2-4-6-7/h1-8H;2-6H,1H3. The molecule has 0 spiro atoms. The van der Waals surface area contributed by atoms with Gasteiger partial charge in [-0.3, -0.25) is 0 Å². The zero-order valence-electron chi connectivity index (χ0n) is 11.4. The van der Waals surface area contributed by atoms with E-state index in [1.807, 2.05) is 18.2 Å². The zero-order valence-corrected chi connectivity index (χ0v) is 13.1. The third-order valence-corrected chi connectivity index (χ3v) is 5.64. The van der Waals surface area contributed by atoms with Crippen LogP contribution in [0.2, 0.25) is 0 Å². The number of rotatable bonds is 0. The molecule has 0 amide bonds. The van der Waals surface area contributed by atoms with Crippen LogP contribution >= 0.6 is 0 Å². The molecular weight excluding hydrogens is 307 g/mol. The van der Waals surface area contributed by atoms with Gasteiger partial charge in [-0.15, -0.1) is 0 Å². The minimum absolute atomic E-state index is 0.535. The van der Waals surface area contributed by atoms with Gasteiger partial charge in [-0.2, -0.15) is 0 Å². The van der Waals surface area contributed by atoms with E-state index >= 15 is 0 Å². The average molecular weight is 323 g/mol. The molecule has 0 unspecified atom stereocenters. The molecule has 0 radical (unpaired) electrons. The van der Waals surface area contributed by atoms with Crippen LogP contribution in [-0.2, 0) is 0 Å². The van der Waals surface area contributed by atoms with E-state index in [4.69, 9.17) is 0 Å². The SMILES string of the molecule is Cc1ccccc1.c1ccc2c(c1)[se]c1ccccc12. The van der Waals surface area contributed by atoms with Gasteiger partial charge in [0.05, 0.1) is 0 Å². The molecule has 1 heteroatoms. The molecule has 0 N–H and O–H groups in total. The van der Waals surface area contributed by atoms with Crippen molar-refractivity contribution in [2.75, 3.05) is 0 Å². The quantitative estimate of drug-likeness (QED) is 0.398. The third-order valence-electron chi connectivity index (χ3n) is 3.22. The van der Waals surface area contributed by atoms with Gasteiger partial charge >= 0.3 is 82.3 Å². The van der Waals surface area contributed by atoms with Crippen LogP contribution < -0.4 is 0 Å². The van der Waals surface area contributed by atoms with Crippen LogP contribution in [0.3, 0.4) is 0 Å². The molecule has 0 aliphatic rings. The maximum absolute atomic E-state index is 2.25. The molecule has 0 atom stereocenters. The Labute approximate surface area is 125 Å². The second kappa shape index (κ2) is 6.09. The van der Waals surface area contributed by atoms with Crippen molar-refractivity contribution < 1.29 is 0 Å². The van der Waals surface area contributed by atoms with Gasteiger partial charge in [0.1, 0.15) is 0 Å². The first-order valence-corrected chi connectivity index (χ1v) is 8.44. The van der Waals surface area contributed by atoms with Gasteiger partial charge in [0.2, 0.25) is 0 Å². The second-order valence-electron chi connectivity index (χ2n) is 4.75. The molecule has 0 bridgehead atoms. The molecule has 20 heavy (non-hydrogen) atoms. The number of hydrogen-bond donors (Lipinski definition) is 0. The van der Waals surface area contributed by atoms with E-state index in [1.54, 1.807) is 0 Å². The molecule has 4 aromatic rings. The summed E-state index contributed by atoms with van der Waals surface area (Å²) in [6.45, 7) is 2.08. The van der Waals surface area contributed by atoms with Crippen molar-refractivity contribution in [2.24, 2.45) is 0 Å². The first-order valence-electron chi connectivity index (χ1n) is 6.72. The molecule has 0 aliphatic carbocycles. The first kappa shape index (κ1) is 13.2. The predicted molar refractivity (Wildman–Crippen MR) is 89.6 cm³/mol. The molecule has 0 nitrogen and oxygen atoms in total. The van der Waals surface area contributed by atoms with Crippen LogP contribution in [0, 0.1) is 6.92 Å². The normalized spacial score (nSPS) is 10.2. The van der Waals surface area contributed by atoms with Crippen LogP contribution in [0.5, 0.6) is 0 Å². The summed E-state index contributed by atoms with van der Waals surface area (Å²) in [5, 5.41) is 2.89. The van der Waals surface area contributed by atoms with Crippen LogP contribution in [0.1, 0.15) is 5.56 Å². The fourth-order valence-electron chi connectivity index (χ4n) is 2.21.